The Morgan fingerprint density at radius 1 is 1.40 bits per heavy atom. The fourth-order valence-corrected chi connectivity index (χ4v) is 0.204. The molecule has 64 valence electrons. The van der Waals surface area contributed by atoms with E-state index in [9.17, 15) is 0 Å². The van der Waals surface area contributed by atoms with Gasteiger partial charge in [0.25, 0.3) is 0 Å². The van der Waals surface area contributed by atoms with E-state index in [4.69, 9.17) is 21.4 Å². The van der Waals surface area contributed by atoms with Gasteiger partial charge in [0, 0.05) is 0 Å². The van der Waals surface area contributed by atoms with Crippen molar-refractivity contribution in [2.45, 2.75) is 19.8 Å². The molecule has 10 heavy (non-hydrogen) atoms. The zero-order chi connectivity index (χ0) is 8.62. The molecule has 0 aliphatic carbocycles. The Kier molecular flexibility index (Phi) is 8.70. The van der Waals surface area contributed by atoms with Crippen LogP contribution < -0.4 is 5.73 Å². The summed E-state index contributed by atoms with van der Waals surface area (Å²) in [6, 6.07) is 0. The Bertz CT molecular complexity index is 172. The number of rotatable bonds is 2. The topological polar surface area (TPSA) is 97.5 Å². The molecule has 0 amide bonds. The van der Waals surface area contributed by atoms with Crippen molar-refractivity contribution in [1.29, 1.82) is 0 Å². The van der Waals surface area contributed by atoms with Crippen molar-refractivity contribution in [2.24, 2.45) is 5.73 Å². The van der Waals surface area contributed by atoms with Crippen LogP contribution in [0.15, 0.2) is 0 Å². The van der Waals surface area contributed by atoms with Crippen LogP contribution in [0.25, 0.3) is 0 Å². The molecule has 0 atom stereocenters. The second-order valence-corrected chi connectivity index (χ2v) is 2.77. The van der Waals surface area contributed by atoms with Gasteiger partial charge in [-0.3, -0.25) is 0 Å². The van der Waals surface area contributed by atoms with E-state index in [-0.39, 0.29) is 0 Å². The zero-order valence-corrected chi connectivity index (χ0v) is 6.93. The molecule has 0 saturated heterocycles. The average Bonchev–Trinajstić information content (AvgIpc) is 1.63. The van der Waals surface area contributed by atoms with Gasteiger partial charge in [-0.05, 0) is 13.0 Å². The van der Waals surface area contributed by atoms with Crippen molar-refractivity contribution < 1.29 is 28.7 Å². The fourth-order valence-electron chi connectivity index (χ4n) is 0.204. The summed E-state index contributed by atoms with van der Waals surface area (Å²) in [6.45, 7) is 2.98. The molecule has 0 aromatic heterocycles. The molecule has 3 N–H and O–H groups in total. The summed E-state index contributed by atoms with van der Waals surface area (Å²) in [5, 5.41) is 0. The molecule has 0 fully saturated rings. The van der Waals surface area contributed by atoms with E-state index in [2.05, 4.69) is 6.92 Å². The van der Waals surface area contributed by atoms with E-state index in [0.717, 1.165) is 6.54 Å². The first kappa shape index (κ1) is 12.5. The average molecular weight is 193 g/mol. The number of hydrogen-bond donors (Lipinski definition) is 2. The van der Waals surface area contributed by atoms with E-state index in [0.29, 0.717) is 0 Å². The summed E-state index contributed by atoms with van der Waals surface area (Å²) in [4.78, 5) is 0. The quantitative estimate of drug-likeness (QED) is 0.593. The van der Waals surface area contributed by atoms with Gasteiger partial charge in [0.2, 0.25) is 0 Å². The Morgan fingerprint density at radius 3 is 1.70 bits per heavy atom. The van der Waals surface area contributed by atoms with Crippen LogP contribution in [0.1, 0.15) is 19.8 Å². The summed E-state index contributed by atoms with van der Waals surface area (Å²) in [5.41, 5.74) is 5.14. The van der Waals surface area contributed by atoms with Crippen molar-refractivity contribution >= 4 is 0 Å². The van der Waals surface area contributed by atoms with E-state index in [1.807, 2.05) is 0 Å². The maximum absolute atomic E-state index is 8.69. The summed E-state index contributed by atoms with van der Waals surface area (Å²) in [7, 11) is 0. The SMILES string of the molecule is CCCCN.[O]=[Mn](=[O])(=[O])[OH]. The molecule has 0 aliphatic rings. The molecule has 0 bridgehead atoms. The molecule has 0 unspecified atom stereocenters. The Hall–Kier alpha value is -0.161. The molecular formula is C4H12MnNO4. The van der Waals surface area contributed by atoms with Crippen LogP contribution in [0.3, 0.4) is 0 Å². The monoisotopic (exact) mass is 193 g/mol. The normalized spacial score (nSPS) is 9.90. The van der Waals surface area contributed by atoms with Gasteiger partial charge in [-0.2, -0.15) is 0 Å². The molecule has 5 nitrogen and oxygen atoms in total. The molecule has 0 heterocycles. The predicted octanol–water partition coefficient (Wildman–Crippen LogP) is -0.171. The summed E-state index contributed by atoms with van der Waals surface area (Å²) < 4.78 is 33.1. The Balaban J connectivity index is 0. The van der Waals surface area contributed by atoms with Gasteiger partial charge < -0.3 is 5.73 Å². The Labute approximate surface area is 61.4 Å². The van der Waals surface area contributed by atoms with Crippen LogP contribution in [-0.4, -0.2) is 10.7 Å². The predicted molar refractivity (Wildman–Crippen MR) is 28.2 cm³/mol. The number of nitrogens with two attached hydrogens (primary N) is 1. The van der Waals surface area contributed by atoms with Crippen LogP contribution in [0.2, 0.25) is 0 Å². The van der Waals surface area contributed by atoms with E-state index in [1.54, 1.807) is 0 Å². The summed E-state index contributed by atoms with van der Waals surface area (Å²) in [6.07, 6.45) is 2.39. The van der Waals surface area contributed by atoms with Gasteiger partial charge in [0.05, 0.1) is 0 Å². The summed E-state index contributed by atoms with van der Waals surface area (Å²) in [5.74, 6) is 0. The zero-order valence-electron chi connectivity index (χ0n) is 5.75. The number of hydrogen-bond acceptors (Lipinski definition) is 4. The van der Waals surface area contributed by atoms with E-state index >= 15 is 0 Å². The maximum atomic E-state index is 8.69. The Morgan fingerprint density at radius 2 is 1.70 bits per heavy atom. The van der Waals surface area contributed by atoms with Crippen LogP contribution in [0.5, 0.6) is 0 Å². The second-order valence-electron chi connectivity index (χ2n) is 1.54. The van der Waals surface area contributed by atoms with Gasteiger partial charge in [-0.15, -0.1) is 0 Å². The van der Waals surface area contributed by atoms with E-state index < -0.39 is 13.0 Å². The molecule has 0 rings (SSSR count). The third-order valence-corrected chi connectivity index (χ3v) is 0.558. The minimum absolute atomic E-state index is 0.844. The molecule has 0 radical (unpaired) electrons. The molecular weight excluding hydrogens is 181 g/mol. The second kappa shape index (κ2) is 6.95. The number of unbranched alkanes of at least 4 members (excludes halogenated alkanes) is 1. The van der Waals surface area contributed by atoms with Gasteiger partial charge in [-0.1, -0.05) is 13.3 Å². The standard InChI is InChI=1S/C4H11N.Mn.H2O.3O/c1-2-3-4-5;;;;;/h2-5H2,1H3;;1H2;;;/q;+1;;;;/p-1. The first-order valence-electron chi connectivity index (χ1n) is 2.75. The molecule has 0 aliphatic heterocycles. The first-order valence-corrected chi connectivity index (χ1v) is 4.72. The van der Waals surface area contributed by atoms with Crippen LogP contribution in [0.4, 0.5) is 0 Å². The van der Waals surface area contributed by atoms with Crippen molar-refractivity contribution in [3.05, 3.63) is 0 Å². The molecule has 0 aromatic carbocycles. The third-order valence-electron chi connectivity index (χ3n) is 0.558. The van der Waals surface area contributed by atoms with Crippen LogP contribution >= 0.6 is 0 Å². The van der Waals surface area contributed by atoms with Gasteiger partial charge in [0.15, 0.2) is 0 Å². The fraction of sp³-hybridized carbons (Fsp3) is 1.00. The third kappa shape index (κ3) is 108. The molecule has 0 saturated carbocycles. The van der Waals surface area contributed by atoms with Gasteiger partial charge in [0.1, 0.15) is 0 Å². The van der Waals surface area contributed by atoms with Crippen LogP contribution in [0, 0.1) is 0 Å². The van der Waals surface area contributed by atoms with E-state index in [1.165, 1.54) is 12.8 Å². The first-order chi connectivity index (χ1) is 4.41. The van der Waals surface area contributed by atoms with Crippen molar-refractivity contribution in [3.63, 3.8) is 0 Å². The minimum atomic E-state index is -5.38. The van der Waals surface area contributed by atoms with Crippen LogP contribution in [-0.2, 0) is 24.5 Å². The summed E-state index contributed by atoms with van der Waals surface area (Å²) >= 11 is -5.38. The molecule has 0 spiro atoms. The van der Waals surface area contributed by atoms with Crippen molar-refractivity contribution in [3.8, 4) is 0 Å². The van der Waals surface area contributed by atoms with Crippen molar-refractivity contribution in [1.82, 2.24) is 0 Å². The van der Waals surface area contributed by atoms with Gasteiger partial charge >= 0.3 is 28.7 Å². The van der Waals surface area contributed by atoms with Gasteiger partial charge in [-0.25, -0.2) is 0 Å². The molecule has 0 aromatic rings. The molecule has 6 heteroatoms. The van der Waals surface area contributed by atoms with Crippen molar-refractivity contribution in [2.75, 3.05) is 6.54 Å².